The molecule has 0 aliphatic heterocycles. The van der Waals surface area contributed by atoms with E-state index >= 15 is 0 Å². The minimum atomic E-state index is -0.00163. The van der Waals surface area contributed by atoms with E-state index in [1.807, 2.05) is 0 Å². The van der Waals surface area contributed by atoms with E-state index in [0.717, 1.165) is 32.1 Å². The normalized spacial score (nSPS) is 32.7. The Morgan fingerprint density at radius 2 is 2.20 bits per heavy atom. The van der Waals surface area contributed by atoms with Crippen molar-refractivity contribution in [2.45, 2.75) is 38.1 Å². The second-order valence-corrected chi connectivity index (χ2v) is 5.08. The number of nitrogens with one attached hydrogen (secondary N) is 1. The molecule has 2 fully saturated rings. The van der Waals surface area contributed by atoms with Crippen molar-refractivity contribution in [1.82, 2.24) is 5.32 Å². The number of carbonyl (C=O) groups excluding carboxylic acids is 1. The quantitative estimate of drug-likeness (QED) is 0.614. The first-order valence-electron chi connectivity index (χ1n) is 5.81. The Morgan fingerprint density at radius 3 is 2.67 bits per heavy atom. The fourth-order valence-electron chi connectivity index (χ4n) is 2.29. The largest absolute Gasteiger partial charge is 0.396 e. The van der Waals surface area contributed by atoms with Crippen LogP contribution in [0.1, 0.15) is 32.1 Å². The van der Waals surface area contributed by atoms with Gasteiger partial charge in [0.05, 0.1) is 12.5 Å². The fraction of sp³-hybridized carbons (Fsp3) is 0.909. The Kier molecular flexibility index (Phi) is 2.98. The maximum atomic E-state index is 11.8. The number of carbonyl (C=O) groups is 1. The molecule has 86 valence electrons. The molecule has 1 amide bonds. The van der Waals surface area contributed by atoms with Crippen molar-refractivity contribution in [2.24, 2.45) is 17.1 Å². The van der Waals surface area contributed by atoms with Gasteiger partial charge in [0, 0.05) is 18.0 Å². The van der Waals surface area contributed by atoms with Crippen LogP contribution in [-0.2, 0) is 4.79 Å². The highest BCUT2D eigenvalue weighted by Crippen LogP contribution is 2.44. The first-order valence-corrected chi connectivity index (χ1v) is 5.81. The minimum Gasteiger partial charge on any atom is -0.396 e. The number of amides is 1. The minimum absolute atomic E-state index is 0.000470. The van der Waals surface area contributed by atoms with E-state index in [0.29, 0.717) is 6.54 Å². The maximum absolute atomic E-state index is 11.8. The average molecular weight is 212 g/mol. The molecule has 2 saturated carbocycles. The molecular formula is C11H20N2O2. The summed E-state index contributed by atoms with van der Waals surface area (Å²) in [5.41, 5.74) is 5.86. The second-order valence-electron chi connectivity index (χ2n) is 5.08. The van der Waals surface area contributed by atoms with Crippen LogP contribution >= 0.6 is 0 Å². The zero-order valence-electron chi connectivity index (χ0n) is 9.04. The molecule has 0 radical (unpaired) electrons. The molecule has 0 heterocycles. The summed E-state index contributed by atoms with van der Waals surface area (Å²) in [6, 6.07) is 0.0364. The number of hydrogen-bond donors (Lipinski definition) is 3. The summed E-state index contributed by atoms with van der Waals surface area (Å²) in [4.78, 5) is 11.8. The lowest BCUT2D eigenvalue weighted by molar-refractivity contribution is -0.125. The molecule has 0 bridgehead atoms. The molecule has 4 heteroatoms. The third-order valence-corrected chi connectivity index (χ3v) is 3.84. The molecule has 2 aliphatic carbocycles. The van der Waals surface area contributed by atoms with E-state index in [4.69, 9.17) is 10.8 Å². The molecule has 0 saturated heterocycles. The third-order valence-electron chi connectivity index (χ3n) is 3.84. The van der Waals surface area contributed by atoms with Crippen LogP contribution in [0, 0.1) is 11.3 Å². The summed E-state index contributed by atoms with van der Waals surface area (Å²) in [5, 5.41) is 12.0. The molecule has 4 nitrogen and oxygen atoms in total. The Labute approximate surface area is 90.2 Å². The van der Waals surface area contributed by atoms with Crippen molar-refractivity contribution in [1.29, 1.82) is 0 Å². The molecule has 4 N–H and O–H groups in total. The van der Waals surface area contributed by atoms with Crippen molar-refractivity contribution in [2.75, 3.05) is 13.2 Å². The lowest BCUT2D eigenvalue weighted by Gasteiger charge is -2.18. The SMILES string of the molecule is NC1CCCC1C(=O)NCC1(CO)CC1. The van der Waals surface area contributed by atoms with Crippen molar-refractivity contribution < 1.29 is 9.90 Å². The van der Waals surface area contributed by atoms with Crippen LogP contribution < -0.4 is 11.1 Å². The molecular weight excluding hydrogens is 192 g/mol. The van der Waals surface area contributed by atoms with Crippen molar-refractivity contribution in [3.8, 4) is 0 Å². The standard InChI is InChI=1S/C11H20N2O2/c12-9-3-1-2-8(9)10(15)13-6-11(7-14)4-5-11/h8-9,14H,1-7,12H2,(H,13,15). The van der Waals surface area contributed by atoms with Gasteiger partial charge in [0.25, 0.3) is 0 Å². The van der Waals surface area contributed by atoms with E-state index in [9.17, 15) is 4.79 Å². The molecule has 0 spiro atoms. The lowest BCUT2D eigenvalue weighted by atomic mass is 10.0. The van der Waals surface area contributed by atoms with E-state index < -0.39 is 0 Å². The van der Waals surface area contributed by atoms with Crippen molar-refractivity contribution in [3.63, 3.8) is 0 Å². The highest BCUT2D eigenvalue weighted by atomic mass is 16.3. The van der Waals surface area contributed by atoms with E-state index in [1.54, 1.807) is 0 Å². The summed E-state index contributed by atoms with van der Waals surface area (Å²) in [6.07, 6.45) is 4.99. The summed E-state index contributed by atoms with van der Waals surface area (Å²) < 4.78 is 0. The van der Waals surface area contributed by atoms with Crippen LogP contribution in [0.3, 0.4) is 0 Å². The summed E-state index contributed by atoms with van der Waals surface area (Å²) in [6.45, 7) is 0.801. The highest BCUT2D eigenvalue weighted by Gasteiger charge is 2.42. The van der Waals surface area contributed by atoms with Gasteiger partial charge in [0.2, 0.25) is 5.91 Å². The summed E-state index contributed by atoms with van der Waals surface area (Å²) in [7, 11) is 0. The Morgan fingerprint density at radius 1 is 1.47 bits per heavy atom. The van der Waals surface area contributed by atoms with Gasteiger partial charge in [0.15, 0.2) is 0 Å². The monoisotopic (exact) mass is 212 g/mol. The fourth-order valence-corrected chi connectivity index (χ4v) is 2.29. The van der Waals surface area contributed by atoms with Gasteiger partial charge in [-0.25, -0.2) is 0 Å². The van der Waals surface area contributed by atoms with Gasteiger partial charge < -0.3 is 16.2 Å². The van der Waals surface area contributed by atoms with Gasteiger partial charge in [-0.2, -0.15) is 0 Å². The molecule has 0 aromatic carbocycles. The van der Waals surface area contributed by atoms with Crippen LogP contribution in [0.15, 0.2) is 0 Å². The zero-order chi connectivity index (χ0) is 10.9. The Balaban J connectivity index is 1.77. The van der Waals surface area contributed by atoms with Crippen LogP contribution in [0.2, 0.25) is 0 Å². The predicted molar refractivity (Wildman–Crippen MR) is 57.1 cm³/mol. The van der Waals surface area contributed by atoms with E-state index in [1.165, 1.54) is 0 Å². The number of nitrogens with two attached hydrogens (primary N) is 1. The van der Waals surface area contributed by atoms with Crippen molar-refractivity contribution in [3.05, 3.63) is 0 Å². The number of rotatable bonds is 4. The number of aliphatic hydroxyl groups is 1. The predicted octanol–water partition coefficient (Wildman–Crippen LogP) is 0.00250. The van der Waals surface area contributed by atoms with Gasteiger partial charge in [-0.1, -0.05) is 6.42 Å². The molecule has 0 aromatic heterocycles. The van der Waals surface area contributed by atoms with Crippen molar-refractivity contribution >= 4 is 5.91 Å². The third kappa shape index (κ3) is 2.32. The first kappa shape index (κ1) is 10.9. The van der Waals surface area contributed by atoms with Crippen LogP contribution in [-0.4, -0.2) is 30.2 Å². The van der Waals surface area contributed by atoms with Gasteiger partial charge >= 0.3 is 0 Å². The Hall–Kier alpha value is -0.610. The van der Waals surface area contributed by atoms with Gasteiger partial charge in [0.1, 0.15) is 0 Å². The zero-order valence-corrected chi connectivity index (χ0v) is 9.04. The average Bonchev–Trinajstić information content (AvgIpc) is 2.91. The van der Waals surface area contributed by atoms with Crippen LogP contribution in [0.25, 0.3) is 0 Å². The molecule has 2 unspecified atom stereocenters. The molecule has 0 aromatic rings. The maximum Gasteiger partial charge on any atom is 0.224 e. The first-order chi connectivity index (χ1) is 7.17. The van der Waals surface area contributed by atoms with Crippen LogP contribution in [0.4, 0.5) is 0 Å². The van der Waals surface area contributed by atoms with Crippen LogP contribution in [0.5, 0.6) is 0 Å². The lowest BCUT2D eigenvalue weighted by Crippen LogP contribution is -2.41. The topological polar surface area (TPSA) is 75.4 Å². The van der Waals surface area contributed by atoms with Gasteiger partial charge in [-0.15, -0.1) is 0 Å². The highest BCUT2D eigenvalue weighted by molar-refractivity contribution is 5.79. The molecule has 2 atom stereocenters. The number of aliphatic hydroxyl groups excluding tert-OH is 1. The summed E-state index contributed by atoms with van der Waals surface area (Å²) >= 11 is 0. The Bertz CT molecular complexity index is 251. The van der Waals surface area contributed by atoms with Gasteiger partial charge in [-0.05, 0) is 25.7 Å². The molecule has 15 heavy (non-hydrogen) atoms. The summed E-state index contributed by atoms with van der Waals surface area (Å²) in [5.74, 6) is 0.0826. The number of hydrogen-bond acceptors (Lipinski definition) is 3. The van der Waals surface area contributed by atoms with E-state index in [-0.39, 0.29) is 29.9 Å². The van der Waals surface area contributed by atoms with E-state index in [2.05, 4.69) is 5.32 Å². The second kappa shape index (κ2) is 4.10. The van der Waals surface area contributed by atoms with Gasteiger partial charge in [-0.3, -0.25) is 4.79 Å². The molecule has 2 rings (SSSR count). The molecule has 2 aliphatic rings. The smallest absolute Gasteiger partial charge is 0.224 e.